The molecule has 0 atom stereocenters. The molecule has 1 aliphatic heterocycles. The molecule has 24 heavy (non-hydrogen) atoms. The maximum absolute atomic E-state index is 10.9. The molecule has 1 aliphatic carbocycles. The molecular weight excluding hydrogens is 310 g/mol. The second-order valence-electron chi connectivity index (χ2n) is 6.56. The number of aromatic nitrogens is 3. The fraction of sp³-hybridized carbons (Fsp3) is 0.562. The minimum absolute atomic E-state index is 0.0630. The molecule has 8 heteroatoms. The van der Waals surface area contributed by atoms with Crippen LogP contribution in [0.3, 0.4) is 0 Å². The third kappa shape index (κ3) is 2.83. The van der Waals surface area contributed by atoms with Crippen LogP contribution in [0.4, 0.5) is 11.5 Å². The molecule has 2 fully saturated rings. The Balaban J connectivity index is 1.41. The number of hydrogen-bond acceptors (Lipinski definition) is 7. The van der Waals surface area contributed by atoms with E-state index in [1.807, 2.05) is 0 Å². The maximum atomic E-state index is 10.9. The first-order valence-corrected chi connectivity index (χ1v) is 8.32. The number of anilines is 1. The summed E-state index contributed by atoms with van der Waals surface area (Å²) < 4.78 is 5.35. The van der Waals surface area contributed by atoms with E-state index in [2.05, 4.69) is 20.0 Å². The van der Waals surface area contributed by atoms with E-state index in [0.717, 1.165) is 56.3 Å². The van der Waals surface area contributed by atoms with Crippen LogP contribution >= 0.6 is 0 Å². The van der Waals surface area contributed by atoms with Gasteiger partial charge in [0, 0.05) is 31.0 Å². The highest BCUT2D eigenvalue weighted by atomic mass is 16.6. The Hall–Kier alpha value is -2.51. The van der Waals surface area contributed by atoms with E-state index in [4.69, 9.17) is 4.52 Å². The first kappa shape index (κ1) is 15.0. The predicted octanol–water partition coefficient (Wildman–Crippen LogP) is 2.94. The van der Waals surface area contributed by atoms with Crippen LogP contribution in [-0.4, -0.2) is 33.1 Å². The largest absolute Gasteiger partial charge is 0.357 e. The van der Waals surface area contributed by atoms with E-state index >= 15 is 0 Å². The topological polar surface area (TPSA) is 98.2 Å². The van der Waals surface area contributed by atoms with Gasteiger partial charge in [-0.15, -0.1) is 0 Å². The van der Waals surface area contributed by atoms with Crippen LogP contribution in [-0.2, 0) is 0 Å². The lowest BCUT2D eigenvalue weighted by atomic mass is 9.96. The van der Waals surface area contributed by atoms with Crippen molar-refractivity contribution in [3.8, 4) is 0 Å². The molecule has 2 aromatic rings. The van der Waals surface area contributed by atoms with Gasteiger partial charge >= 0.3 is 0 Å². The van der Waals surface area contributed by atoms with Gasteiger partial charge in [0.05, 0.1) is 4.92 Å². The summed E-state index contributed by atoms with van der Waals surface area (Å²) in [4.78, 5) is 21.6. The third-order valence-electron chi connectivity index (χ3n) is 4.81. The number of aryl methyl sites for hydroxylation is 1. The quantitative estimate of drug-likeness (QED) is 0.628. The summed E-state index contributed by atoms with van der Waals surface area (Å²) in [6.07, 6.45) is 4.18. The Kier molecular flexibility index (Phi) is 3.66. The van der Waals surface area contributed by atoms with Gasteiger partial charge in [0.2, 0.25) is 5.89 Å². The average molecular weight is 329 g/mol. The number of hydrogen-bond donors (Lipinski definition) is 0. The van der Waals surface area contributed by atoms with Crippen molar-refractivity contribution in [2.45, 2.75) is 44.4 Å². The van der Waals surface area contributed by atoms with Gasteiger partial charge in [0.15, 0.2) is 5.82 Å². The van der Waals surface area contributed by atoms with Gasteiger partial charge < -0.3 is 9.42 Å². The van der Waals surface area contributed by atoms with Gasteiger partial charge in [-0.2, -0.15) is 4.98 Å². The van der Waals surface area contributed by atoms with Crippen LogP contribution < -0.4 is 4.90 Å². The van der Waals surface area contributed by atoms with Gasteiger partial charge in [0.25, 0.3) is 5.69 Å². The Labute approximate surface area is 139 Å². The van der Waals surface area contributed by atoms with Crippen molar-refractivity contribution in [3.05, 3.63) is 39.7 Å². The summed E-state index contributed by atoms with van der Waals surface area (Å²) in [6, 6.07) is 3.26. The zero-order chi connectivity index (χ0) is 16.7. The van der Waals surface area contributed by atoms with E-state index in [0.29, 0.717) is 17.5 Å². The molecule has 0 unspecified atom stereocenters. The molecule has 126 valence electrons. The first-order valence-electron chi connectivity index (χ1n) is 8.32. The number of nitrogens with zero attached hydrogens (tertiary/aromatic N) is 5. The van der Waals surface area contributed by atoms with Crippen molar-refractivity contribution in [3.63, 3.8) is 0 Å². The van der Waals surface area contributed by atoms with Crippen LogP contribution in [0.1, 0.15) is 54.9 Å². The summed E-state index contributed by atoms with van der Waals surface area (Å²) in [5.74, 6) is 3.21. The molecule has 3 heterocycles. The summed E-state index contributed by atoms with van der Waals surface area (Å²) >= 11 is 0. The summed E-state index contributed by atoms with van der Waals surface area (Å²) in [7, 11) is 0. The van der Waals surface area contributed by atoms with Gasteiger partial charge in [-0.25, -0.2) is 4.98 Å². The highest BCUT2D eigenvalue weighted by Gasteiger charge is 2.32. The third-order valence-corrected chi connectivity index (χ3v) is 4.81. The molecule has 4 rings (SSSR count). The molecule has 0 radical (unpaired) electrons. The lowest BCUT2D eigenvalue weighted by Gasteiger charge is -2.31. The number of piperidine rings is 1. The molecule has 0 bridgehead atoms. The highest BCUT2D eigenvalue weighted by Crippen LogP contribution is 2.40. The van der Waals surface area contributed by atoms with E-state index in [9.17, 15) is 10.1 Å². The van der Waals surface area contributed by atoms with Gasteiger partial charge in [0.1, 0.15) is 11.5 Å². The minimum atomic E-state index is -0.397. The molecule has 0 spiro atoms. The average Bonchev–Trinajstić information content (AvgIpc) is 3.32. The zero-order valence-corrected chi connectivity index (χ0v) is 13.5. The highest BCUT2D eigenvalue weighted by molar-refractivity contribution is 5.47. The minimum Gasteiger partial charge on any atom is -0.357 e. The van der Waals surface area contributed by atoms with E-state index in [-0.39, 0.29) is 5.69 Å². The molecule has 8 nitrogen and oxygen atoms in total. The standard InChI is InChI=1S/C16H19N5O3/c1-10-13(21(22)23)4-5-14(17-10)20-8-6-11(7-9-20)15-18-16(24-19-15)12-2-3-12/h4-5,11-12H,2-3,6-9H2,1H3. The number of nitro groups is 1. The molecule has 0 amide bonds. The maximum Gasteiger partial charge on any atom is 0.290 e. The van der Waals surface area contributed by atoms with Crippen molar-refractivity contribution >= 4 is 11.5 Å². The molecule has 0 N–H and O–H groups in total. The number of pyridine rings is 1. The summed E-state index contributed by atoms with van der Waals surface area (Å²) in [6.45, 7) is 3.34. The SMILES string of the molecule is Cc1nc(N2CCC(c3noc(C4CC4)n3)CC2)ccc1[N+](=O)[O-]. The lowest BCUT2D eigenvalue weighted by molar-refractivity contribution is -0.385. The van der Waals surface area contributed by atoms with Crippen molar-refractivity contribution in [2.24, 2.45) is 0 Å². The van der Waals surface area contributed by atoms with Crippen molar-refractivity contribution in [1.29, 1.82) is 0 Å². The molecule has 2 aliphatic rings. The number of rotatable bonds is 4. The van der Waals surface area contributed by atoms with Crippen LogP contribution in [0.2, 0.25) is 0 Å². The Morgan fingerprint density at radius 3 is 2.54 bits per heavy atom. The normalized spacial score (nSPS) is 18.8. The van der Waals surface area contributed by atoms with Gasteiger partial charge in [-0.1, -0.05) is 5.16 Å². The van der Waals surface area contributed by atoms with Gasteiger partial charge in [-0.3, -0.25) is 10.1 Å². The Morgan fingerprint density at radius 2 is 1.92 bits per heavy atom. The fourth-order valence-electron chi connectivity index (χ4n) is 3.19. The van der Waals surface area contributed by atoms with E-state index in [1.54, 1.807) is 13.0 Å². The first-order chi connectivity index (χ1) is 11.6. The van der Waals surface area contributed by atoms with E-state index < -0.39 is 4.92 Å². The second-order valence-corrected chi connectivity index (χ2v) is 6.56. The van der Waals surface area contributed by atoms with Crippen molar-refractivity contribution in [1.82, 2.24) is 15.1 Å². The summed E-state index contributed by atoms with van der Waals surface area (Å²) in [5.41, 5.74) is 0.514. The molecule has 1 saturated carbocycles. The smallest absolute Gasteiger partial charge is 0.290 e. The van der Waals surface area contributed by atoms with E-state index in [1.165, 1.54) is 6.07 Å². The fourth-order valence-corrected chi connectivity index (χ4v) is 3.19. The molecule has 1 saturated heterocycles. The summed E-state index contributed by atoms with van der Waals surface area (Å²) in [5, 5.41) is 15.0. The van der Waals surface area contributed by atoms with Crippen LogP contribution in [0.15, 0.2) is 16.7 Å². The second kappa shape index (κ2) is 5.85. The van der Waals surface area contributed by atoms with Crippen LogP contribution in [0.25, 0.3) is 0 Å². The molecule has 0 aromatic carbocycles. The van der Waals surface area contributed by atoms with Crippen LogP contribution in [0, 0.1) is 17.0 Å². The molecular formula is C16H19N5O3. The predicted molar refractivity (Wildman–Crippen MR) is 86.1 cm³/mol. The lowest BCUT2D eigenvalue weighted by Crippen LogP contribution is -2.33. The monoisotopic (exact) mass is 329 g/mol. The van der Waals surface area contributed by atoms with Crippen molar-refractivity contribution in [2.75, 3.05) is 18.0 Å². The zero-order valence-electron chi connectivity index (χ0n) is 13.5. The Morgan fingerprint density at radius 1 is 1.17 bits per heavy atom. The molecule has 2 aromatic heterocycles. The van der Waals surface area contributed by atoms with Crippen LogP contribution in [0.5, 0.6) is 0 Å². The van der Waals surface area contributed by atoms with Crippen molar-refractivity contribution < 1.29 is 9.45 Å². The van der Waals surface area contributed by atoms with Gasteiger partial charge in [-0.05, 0) is 38.7 Å². The Bertz CT molecular complexity index is 763.